The summed E-state index contributed by atoms with van der Waals surface area (Å²) >= 11 is 0. The smallest absolute Gasteiger partial charge is 0.187 e. The first-order chi connectivity index (χ1) is 22.3. The maximum atomic E-state index is 6.67. The van der Waals surface area contributed by atoms with Gasteiger partial charge >= 0.3 is 0 Å². The molecular weight excluding hydrogens is 616 g/mol. The molecule has 0 aromatic rings. The predicted molar refractivity (Wildman–Crippen MR) is 161 cm³/mol. The molecule has 2 aliphatic rings. The van der Waals surface area contributed by atoms with Crippen LogP contribution in [0.5, 0.6) is 0 Å². The van der Waals surface area contributed by atoms with Crippen molar-refractivity contribution >= 4 is 0 Å². The molecule has 16 heteroatoms. The first-order valence-corrected chi connectivity index (χ1v) is 15.1. The Balaban J connectivity index is 2.41. The molecule has 0 radical (unpaired) electrons. The van der Waals surface area contributed by atoms with Gasteiger partial charge in [0.1, 0.15) is 73.2 Å². The molecule has 46 heavy (non-hydrogen) atoms. The summed E-state index contributed by atoms with van der Waals surface area (Å²) in [5.74, 6) is 0. The number of rotatable bonds is 23. The van der Waals surface area contributed by atoms with E-state index in [-0.39, 0.29) is 26.4 Å². The van der Waals surface area contributed by atoms with Crippen molar-refractivity contribution in [2.75, 3.05) is 112 Å². The molecule has 274 valence electrons. The average Bonchev–Trinajstić information content (AvgIpc) is 3.07. The van der Waals surface area contributed by atoms with E-state index in [2.05, 4.69) is 0 Å². The van der Waals surface area contributed by atoms with Gasteiger partial charge in [0.05, 0.1) is 26.4 Å². The normalized spacial score (nSPS) is 34.7. The molecule has 0 spiro atoms. The van der Waals surface area contributed by atoms with E-state index in [1.54, 1.807) is 85.3 Å². The van der Waals surface area contributed by atoms with Gasteiger partial charge in [0.25, 0.3) is 0 Å². The van der Waals surface area contributed by atoms with Crippen LogP contribution in [0.25, 0.3) is 0 Å². The molecule has 0 saturated carbocycles. The van der Waals surface area contributed by atoms with E-state index >= 15 is 0 Å². The lowest BCUT2D eigenvalue weighted by Gasteiger charge is -2.48. The summed E-state index contributed by atoms with van der Waals surface area (Å²) in [4.78, 5) is 0. The van der Waals surface area contributed by atoms with Crippen molar-refractivity contribution in [1.29, 1.82) is 0 Å². The van der Waals surface area contributed by atoms with E-state index < -0.39 is 85.8 Å². The van der Waals surface area contributed by atoms with Crippen LogP contribution in [-0.4, -0.2) is 198 Å². The Hall–Kier alpha value is -0.640. The van der Waals surface area contributed by atoms with Crippen molar-refractivity contribution in [1.82, 2.24) is 0 Å². The summed E-state index contributed by atoms with van der Waals surface area (Å²) in [6.07, 6.45) is -9.11. The lowest BCUT2D eigenvalue weighted by atomic mass is 9.97. The molecular formula is C30H58O16. The van der Waals surface area contributed by atoms with Crippen LogP contribution >= 0.6 is 0 Å². The second-order valence-electron chi connectivity index (χ2n) is 10.8. The van der Waals surface area contributed by atoms with Crippen molar-refractivity contribution in [2.24, 2.45) is 0 Å². The van der Waals surface area contributed by atoms with Gasteiger partial charge in [0.15, 0.2) is 12.6 Å². The van der Waals surface area contributed by atoms with Crippen LogP contribution in [0.4, 0.5) is 0 Å². The van der Waals surface area contributed by atoms with E-state index in [0.717, 1.165) is 0 Å². The number of methoxy groups -OCH3 is 12. The van der Waals surface area contributed by atoms with Gasteiger partial charge in [-0.15, -0.1) is 0 Å². The van der Waals surface area contributed by atoms with Gasteiger partial charge in [-0.1, -0.05) is 0 Å². The molecule has 2 fully saturated rings. The van der Waals surface area contributed by atoms with Crippen LogP contribution in [0.1, 0.15) is 0 Å². The van der Waals surface area contributed by atoms with Gasteiger partial charge in [-0.3, -0.25) is 0 Å². The summed E-state index contributed by atoms with van der Waals surface area (Å²) < 4.78 is 94.3. The third-order valence-electron chi connectivity index (χ3n) is 8.46. The fraction of sp³-hybridized carbons (Fsp3) is 1.00. The zero-order valence-corrected chi connectivity index (χ0v) is 29.4. The quantitative estimate of drug-likeness (QED) is 0.142. The second-order valence-corrected chi connectivity index (χ2v) is 10.8. The Bertz CT molecular complexity index is 781. The third-order valence-corrected chi connectivity index (χ3v) is 8.46. The first-order valence-electron chi connectivity index (χ1n) is 15.1. The highest BCUT2D eigenvalue weighted by Gasteiger charge is 2.52. The SMILES string of the molecule is COC[C@H](OC)[C@@H](OC)[C@H](O[C@H]1O[C@H](CO[C@H]2O[C@H](COC)[C@@H](OC)[C@H](OC)[C@H]2OC)[C@@H](OC)[C@H](OC)[C@H]1OC)[C@@H](COC)OC. The first kappa shape index (κ1) is 41.5. The van der Waals surface area contributed by atoms with E-state index in [9.17, 15) is 0 Å². The van der Waals surface area contributed by atoms with Crippen LogP contribution in [0.3, 0.4) is 0 Å². The zero-order valence-electron chi connectivity index (χ0n) is 29.4. The van der Waals surface area contributed by atoms with E-state index in [1.807, 2.05) is 0 Å². The van der Waals surface area contributed by atoms with Gasteiger partial charge in [-0.25, -0.2) is 0 Å². The lowest BCUT2D eigenvalue weighted by Crippen LogP contribution is -2.64. The molecule has 14 atom stereocenters. The molecule has 2 saturated heterocycles. The highest BCUT2D eigenvalue weighted by Crippen LogP contribution is 2.33. The Morgan fingerprint density at radius 1 is 0.435 bits per heavy atom. The molecule has 0 aliphatic carbocycles. The van der Waals surface area contributed by atoms with Gasteiger partial charge < -0.3 is 75.8 Å². The van der Waals surface area contributed by atoms with Crippen molar-refractivity contribution in [2.45, 2.75) is 85.8 Å². The van der Waals surface area contributed by atoms with Crippen LogP contribution in [-0.2, 0) is 75.8 Å². The predicted octanol–water partition coefficient (Wildman–Crippen LogP) is -0.0878. The van der Waals surface area contributed by atoms with Gasteiger partial charge in [-0.2, -0.15) is 0 Å². The monoisotopic (exact) mass is 674 g/mol. The van der Waals surface area contributed by atoms with Gasteiger partial charge in [-0.05, 0) is 0 Å². The maximum absolute atomic E-state index is 6.67. The minimum Gasteiger partial charge on any atom is -0.382 e. The minimum atomic E-state index is -0.997. The van der Waals surface area contributed by atoms with Crippen LogP contribution in [0, 0.1) is 0 Å². The van der Waals surface area contributed by atoms with E-state index in [4.69, 9.17) is 75.8 Å². The van der Waals surface area contributed by atoms with Crippen molar-refractivity contribution in [3.8, 4) is 0 Å². The Kier molecular flexibility index (Phi) is 20.0. The lowest BCUT2D eigenvalue weighted by molar-refractivity contribution is -0.353. The summed E-state index contributed by atoms with van der Waals surface area (Å²) in [5.41, 5.74) is 0. The summed E-state index contributed by atoms with van der Waals surface area (Å²) in [7, 11) is 18.8. The molecule has 0 aromatic carbocycles. The van der Waals surface area contributed by atoms with E-state index in [1.165, 1.54) is 0 Å². The summed E-state index contributed by atoms with van der Waals surface area (Å²) in [5, 5.41) is 0. The Morgan fingerprint density at radius 2 is 0.870 bits per heavy atom. The molecule has 2 rings (SSSR count). The fourth-order valence-corrected chi connectivity index (χ4v) is 6.18. The summed E-state index contributed by atoms with van der Waals surface area (Å²) in [6.45, 7) is 0.682. The zero-order chi connectivity index (χ0) is 34.2. The Labute approximate surface area is 273 Å². The molecule has 0 aromatic heterocycles. The molecule has 0 amide bonds. The molecule has 0 unspecified atom stereocenters. The molecule has 2 heterocycles. The molecule has 0 bridgehead atoms. The maximum Gasteiger partial charge on any atom is 0.187 e. The van der Waals surface area contributed by atoms with Crippen molar-refractivity contribution in [3.63, 3.8) is 0 Å². The standard InChI is InChI=1S/C30H58O16/c1-31-13-17(34-4)21(36-6)24(18(35-5)14-32-2)46-30-28(42-12)26(40-10)23(38-8)20(45-30)16-43-29-27(41-11)25(39-9)22(37-7)19(44-29)15-33-3/h17-30H,13-16H2,1-12H3/t17-,18+,19+,20+,21+,22+,23+,24+,25-,26-,27+,28+,29-,30+/m0/s1. The van der Waals surface area contributed by atoms with Crippen LogP contribution in [0.15, 0.2) is 0 Å². The number of hydrogen-bond acceptors (Lipinski definition) is 16. The molecule has 0 N–H and O–H groups in total. The highest BCUT2D eigenvalue weighted by atomic mass is 16.8. The van der Waals surface area contributed by atoms with E-state index in [0.29, 0.717) is 0 Å². The second kappa shape index (κ2) is 22.2. The Morgan fingerprint density at radius 3 is 1.28 bits per heavy atom. The number of ether oxygens (including phenoxy) is 16. The molecule has 2 aliphatic heterocycles. The highest BCUT2D eigenvalue weighted by molar-refractivity contribution is 4.96. The van der Waals surface area contributed by atoms with Crippen molar-refractivity contribution < 1.29 is 75.8 Å². The summed E-state index contributed by atoms with van der Waals surface area (Å²) in [6, 6.07) is 0. The van der Waals surface area contributed by atoms with Gasteiger partial charge in [0.2, 0.25) is 0 Å². The number of hydrogen-bond donors (Lipinski definition) is 0. The van der Waals surface area contributed by atoms with Crippen LogP contribution in [0.2, 0.25) is 0 Å². The fourth-order valence-electron chi connectivity index (χ4n) is 6.18. The largest absolute Gasteiger partial charge is 0.382 e. The van der Waals surface area contributed by atoms with Crippen molar-refractivity contribution in [3.05, 3.63) is 0 Å². The van der Waals surface area contributed by atoms with Crippen LogP contribution < -0.4 is 0 Å². The third kappa shape index (κ3) is 10.2. The van der Waals surface area contributed by atoms with Gasteiger partial charge in [0, 0.05) is 85.3 Å². The topological polar surface area (TPSA) is 148 Å². The minimum absolute atomic E-state index is 0.00148. The molecule has 16 nitrogen and oxygen atoms in total. The average molecular weight is 675 g/mol.